The number of amides is 2. The second-order valence-electron chi connectivity index (χ2n) is 3.95. The molecule has 0 aromatic carbocycles. The lowest BCUT2D eigenvalue weighted by molar-refractivity contribution is -0.190. The topological polar surface area (TPSA) is 65.1 Å². The standard InChI is InChI=1S/C11H15NO5/c1-2-5-15-10(14)12-4-3-11(8-9(12)13)16-6-7-17-11/h2H,1,3-8H2. The molecule has 0 unspecified atom stereocenters. The normalized spacial score (nSPS) is 22.8. The minimum atomic E-state index is -0.813. The van der Waals surface area contributed by atoms with Gasteiger partial charge in [-0.2, -0.15) is 0 Å². The Balaban J connectivity index is 1.93. The van der Waals surface area contributed by atoms with Crippen LogP contribution in [-0.4, -0.2) is 49.1 Å². The largest absolute Gasteiger partial charge is 0.445 e. The van der Waals surface area contributed by atoms with E-state index in [1.54, 1.807) is 0 Å². The zero-order valence-electron chi connectivity index (χ0n) is 9.52. The molecule has 2 saturated heterocycles. The zero-order valence-corrected chi connectivity index (χ0v) is 9.52. The van der Waals surface area contributed by atoms with Gasteiger partial charge >= 0.3 is 6.09 Å². The first-order valence-electron chi connectivity index (χ1n) is 5.53. The Kier molecular flexibility index (Phi) is 3.44. The number of hydrogen-bond acceptors (Lipinski definition) is 5. The van der Waals surface area contributed by atoms with Crippen LogP contribution in [0.5, 0.6) is 0 Å². The SMILES string of the molecule is C=CCOC(=O)N1CCC2(CC1=O)OCCO2. The molecule has 2 amide bonds. The average Bonchev–Trinajstić information content (AvgIpc) is 2.74. The Morgan fingerprint density at radius 1 is 1.53 bits per heavy atom. The summed E-state index contributed by atoms with van der Waals surface area (Å²) in [5.74, 6) is -1.14. The van der Waals surface area contributed by atoms with Gasteiger partial charge in [0, 0.05) is 13.0 Å². The van der Waals surface area contributed by atoms with E-state index in [9.17, 15) is 9.59 Å². The van der Waals surface area contributed by atoms with E-state index in [0.29, 0.717) is 19.6 Å². The van der Waals surface area contributed by atoms with Crippen molar-refractivity contribution in [3.05, 3.63) is 12.7 Å². The van der Waals surface area contributed by atoms with E-state index in [4.69, 9.17) is 14.2 Å². The number of ether oxygens (including phenoxy) is 3. The monoisotopic (exact) mass is 241 g/mol. The van der Waals surface area contributed by atoms with Crippen LogP contribution in [0.15, 0.2) is 12.7 Å². The van der Waals surface area contributed by atoms with Gasteiger partial charge in [0.05, 0.1) is 19.6 Å². The molecule has 1 spiro atoms. The molecule has 0 aromatic heterocycles. The molecule has 2 fully saturated rings. The molecule has 0 N–H and O–H groups in total. The van der Waals surface area contributed by atoms with Crippen molar-refractivity contribution in [2.24, 2.45) is 0 Å². The quantitative estimate of drug-likeness (QED) is 0.665. The van der Waals surface area contributed by atoms with Gasteiger partial charge in [-0.3, -0.25) is 4.79 Å². The van der Waals surface area contributed by atoms with E-state index in [2.05, 4.69) is 6.58 Å². The predicted octanol–water partition coefficient (Wildman–Crippen LogP) is 0.675. The minimum absolute atomic E-state index is 0.0657. The number of nitrogens with zero attached hydrogens (tertiary/aromatic N) is 1. The van der Waals surface area contributed by atoms with Gasteiger partial charge in [0.1, 0.15) is 6.61 Å². The number of piperidine rings is 1. The first-order valence-corrected chi connectivity index (χ1v) is 5.53. The maximum absolute atomic E-state index is 11.8. The van der Waals surface area contributed by atoms with E-state index >= 15 is 0 Å². The maximum Gasteiger partial charge on any atom is 0.416 e. The second kappa shape index (κ2) is 4.85. The highest BCUT2D eigenvalue weighted by molar-refractivity contribution is 5.93. The van der Waals surface area contributed by atoms with Crippen molar-refractivity contribution in [2.75, 3.05) is 26.4 Å². The minimum Gasteiger partial charge on any atom is -0.445 e. The zero-order chi connectivity index (χ0) is 12.3. The molecule has 0 aliphatic carbocycles. The lowest BCUT2D eigenvalue weighted by Crippen LogP contribution is -2.50. The number of hydrogen-bond donors (Lipinski definition) is 0. The van der Waals surface area contributed by atoms with Gasteiger partial charge in [0.25, 0.3) is 0 Å². The Hall–Kier alpha value is -1.40. The van der Waals surface area contributed by atoms with Crippen molar-refractivity contribution in [3.8, 4) is 0 Å². The summed E-state index contributed by atoms with van der Waals surface area (Å²) in [7, 11) is 0. The molecule has 17 heavy (non-hydrogen) atoms. The molecule has 2 aliphatic heterocycles. The molecule has 2 rings (SSSR count). The van der Waals surface area contributed by atoms with Gasteiger partial charge in [-0.15, -0.1) is 0 Å². The van der Waals surface area contributed by atoms with E-state index in [1.165, 1.54) is 6.08 Å². The second-order valence-corrected chi connectivity index (χ2v) is 3.95. The lowest BCUT2D eigenvalue weighted by atomic mass is 10.0. The highest BCUT2D eigenvalue weighted by Crippen LogP contribution is 2.32. The fourth-order valence-corrected chi connectivity index (χ4v) is 1.97. The summed E-state index contributed by atoms with van der Waals surface area (Å²) in [5, 5.41) is 0. The van der Waals surface area contributed by atoms with Crippen molar-refractivity contribution >= 4 is 12.0 Å². The number of likely N-dealkylation sites (tertiary alicyclic amines) is 1. The van der Waals surface area contributed by atoms with Gasteiger partial charge in [-0.25, -0.2) is 9.69 Å². The van der Waals surface area contributed by atoms with Crippen molar-refractivity contribution in [1.29, 1.82) is 0 Å². The summed E-state index contributed by atoms with van der Waals surface area (Å²) in [5.41, 5.74) is 0. The number of rotatable bonds is 2. The molecule has 94 valence electrons. The first-order chi connectivity index (χ1) is 8.17. The Morgan fingerprint density at radius 3 is 2.82 bits per heavy atom. The third kappa shape index (κ3) is 2.48. The average molecular weight is 241 g/mol. The molecule has 6 nitrogen and oxygen atoms in total. The van der Waals surface area contributed by atoms with Gasteiger partial charge in [-0.05, 0) is 0 Å². The van der Waals surface area contributed by atoms with Crippen LogP contribution in [0.25, 0.3) is 0 Å². The van der Waals surface area contributed by atoms with Crippen LogP contribution in [0.2, 0.25) is 0 Å². The van der Waals surface area contributed by atoms with Crippen LogP contribution >= 0.6 is 0 Å². The van der Waals surface area contributed by atoms with Crippen molar-refractivity contribution < 1.29 is 23.8 Å². The molecule has 0 saturated carbocycles. The van der Waals surface area contributed by atoms with E-state index < -0.39 is 11.9 Å². The summed E-state index contributed by atoms with van der Waals surface area (Å²) in [6.45, 7) is 4.78. The molecule has 0 aromatic rings. The molecular formula is C11H15NO5. The fourth-order valence-electron chi connectivity index (χ4n) is 1.97. The highest BCUT2D eigenvalue weighted by atomic mass is 16.7. The van der Waals surface area contributed by atoms with Crippen molar-refractivity contribution in [1.82, 2.24) is 4.90 Å². The Labute approximate surface area is 99.1 Å². The maximum atomic E-state index is 11.8. The lowest BCUT2D eigenvalue weighted by Gasteiger charge is -2.35. The van der Waals surface area contributed by atoms with E-state index in [1.807, 2.05) is 0 Å². The van der Waals surface area contributed by atoms with E-state index in [-0.39, 0.29) is 25.5 Å². The molecule has 2 heterocycles. The molecule has 0 radical (unpaired) electrons. The summed E-state index contributed by atoms with van der Waals surface area (Å²) < 4.78 is 15.7. The number of imide groups is 1. The molecule has 0 bridgehead atoms. The fraction of sp³-hybridized carbons (Fsp3) is 0.636. The van der Waals surface area contributed by atoms with Crippen LogP contribution < -0.4 is 0 Å². The molecule has 2 aliphatic rings. The van der Waals surface area contributed by atoms with Crippen LogP contribution in [0.3, 0.4) is 0 Å². The third-order valence-corrected chi connectivity index (χ3v) is 2.80. The highest BCUT2D eigenvalue weighted by Gasteiger charge is 2.45. The number of carbonyl (C=O) groups excluding carboxylic acids is 2. The molecular weight excluding hydrogens is 226 g/mol. The van der Waals surface area contributed by atoms with E-state index in [0.717, 1.165) is 4.90 Å². The molecule has 0 atom stereocenters. The van der Waals surface area contributed by atoms with Crippen LogP contribution in [0.4, 0.5) is 4.79 Å². The summed E-state index contributed by atoms with van der Waals surface area (Å²) >= 11 is 0. The molecule has 6 heteroatoms. The van der Waals surface area contributed by atoms with Crippen molar-refractivity contribution in [2.45, 2.75) is 18.6 Å². The van der Waals surface area contributed by atoms with Gasteiger partial charge < -0.3 is 14.2 Å². The predicted molar refractivity (Wildman–Crippen MR) is 57.1 cm³/mol. The summed E-state index contributed by atoms with van der Waals surface area (Å²) in [6.07, 6.45) is 1.37. The Bertz CT molecular complexity index is 335. The smallest absolute Gasteiger partial charge is 0.416 e. The van der Waals surface area contributed by atoms with Gasteiger partial charge in [0.15, 0.2) is 5.79 Å². The number of carbonyl (C=O) groups is 2. The van der Waals surface area contributed by atoms with Gasteiger partial charge in [-0.1, -0.05) is 12.7 Å². The van der Waals surface area contributed by atoms with Gasteiger partial charge in [0.2, 0.25) is 5.91 Å². The first kappa shape index (κ1) is 12.1. The Morgan fingerprint density at radius 2 is 2.24 bits per heavy atom. The van der Waals surface area contributed by atoms with Crippen LogP contribution in [0.1, 0.15) is 12.8 Å². The summed E-state index contributed by atoms with van der Waals surface area (Å²) in [4.78, 5) is 24.4. The summed E-state index contributed by atoms with van der Waals surface area (Å²) in [6, 6.07) is 0. The van der Waals surface area contributed by atoms with Crippen molar-refractivity contribution in [3.63, 3.8) is 0 Å². The third-order valence-electron chi connectivity index (χ3n) is 2.80. The van der Waals surface area contributed by atoms with Crippen LogP contribution in [0, 0.1) is 0 Å². The van der Waals surface area contributed by atoms with Crippen LogP contribution in [-0.2, 0) is 19.0 Å².